The number of rotatable bonds is 6. The van der Waals surface area contributed by atoms with Gasteiger partial charge in [0.15, 0.2) is 11.6 Å². The fourth-order valence-electron chi connectivity index (χ4n) is 2.33. The number of aliphatic hydroxyl groups is 1. The number of aliphatic hydroxyl groups excluding tert-OH is 1. The molecule has 21 heavy (non-hydrogen) atoms. The standard InChI is InChI=1S/C13H18F2N2O3S/c14-11-7-10(9-18)8-12(13(11)15)21(19,20)16-3-6-17-4-1-2-5-17/h7-8,16,18H,1-6,9H2. The lowest BCUT2D eigenvalue weighted by atomic mass is 10.2. The van der Waals surface area contributed by atoms with Gasteiger partial charge in [0.25, 0.3) is 0 Å². The Morgan fingerprint density at radius 3 is 2.52 bits per heavy atom. The van der Waals surface area contributed by atoms with Gasteiger partial charge in [-0.15, -0.1) is 0 Å². The lowest BCUT2D eigenvalue weighted by molar-refractivity contribution is 0.280. The van der Waals surface area contributed by atoms with E-state index in [0.717, 1.165) is 38.1 Å². The van der Waals surface area contributed by atoms with Gasteiger partial charge in [-0.2, -0.15) is 0 Å². The van der Waals surface area contributed by atoms with Gasteiger partial charge in [0, 0.05) is 13.1 Å². The molecule has 8 heteroatoms. The number of nitrogens with zero attached hydrogens (tertiary/aromatic N) is 1. The topological polar surface area (TPSA) is 69.6 Å². The van der Waals surface area contributed by atoms with Crippen LogP contribution in [-0.4, -0.2) is 44.6 Å². The predicted molar refractivity (Wildman–Crippen MR) is 73.1 cm³/mol. The molecule has 5 nitrogen and oxygen atoms in total. The van der Waals surface area contributed by atoms with E-state index in [-0.39, 0.29) is 12.1 Å². The number of benzene rings is 1. The minimum atomic E-state index is -4.14. The average Bonchev–Trinajstić information content (AvgIpc) is 2.94. The molecule has 0 radical (unpaired) electrons. The molecule has 0 spiro atoms. The highest BCUT2D eigenvalue weighted by Gasteiger charge is 2.23. The molecule has 118 valence electrons. The molecule has 0 amide bonds. The largest absolute Gasteiger partial charge is 0.392 e. The van der Waals surface area contributed by atoms with E-state index in [1.54, 1.807) is 0 Å². The van der Waals surface area contributed by atoms with Crippen LogP contribution in [0.15, 0.2) is 17.0 Å². The summed E-state index contributed by atoms with van der Waals surface area (Å²) in [6.07, 6.45) is 2.18. The van der Waals surface area contributed by atoms with Crippen LogP contribution in [0.5, 0.6) is 0 Å². The van der Waals surface area contributed by atoms with Crippen LogP contribution in [0.4, 0.5) is 8.78 Å². The summed E-state index contributed by atoms with van der Waals surface area (Å²) in [7, 11) is -4.14. The summed E-state index contributed by atoms with van der Waals surface area (Å²) >= 11 is 0. The number of hydrogen-bond acceptors (Lipinski definition) is 4. The maximum Gasteiger partial charge on any atom is 0.243 e. The van der Waals surface area contributed by atoms with Crippen molar-refractivity contribution in [3.8, 4) is 0 Å². The van der Waals surface area contributed by atoms with Gasteiger partial charge < -0.3 is 10.0 Å². The lowest BCUT2D eigenvalue weighted by Gasteiger charge is -2.15. The number of hydrogen-bond donors (Lipinski definition) is 2. The van der Waals surface area contributed by atoms with Crippen molar-refractivity contribution < 1.29 is 22.3 Å². The quantitative estimate of drug-likeness (QED) is 0.815. The fraction of sp³-hybridized carbons (Fsp3) is 0.538. The highest BCUT2D eigenvalue weighted by Crippen LogP contribution is 2.20. The number of sulfonamides is 1. The maximum atomic E-state index is 13.7. The molecule has 2 N–H and O–H groups in total. The van der Waals surface area contributed by atoms with E-state index in [0.29, 0.717) is 6.54 Å². The zero-order valence-electron chi connectivity index (χ0n) is 11.5. The van der Waals surface area contributed by atoms with Gasteiger partial charge in [-0.25, -0.2) is 21.9 Å². The first kappa shape index (κ1) is 16.3. The van der Waals surface area contributed by atoms with Crippen molar-refractivity contribution in [3.05, 3.63) is 29.3 Å². The van der Waals surface area contributed by atoms with Gasteiger partial charge >= 0.3 is 0 Å². The Morgan fingerprint density at radius 2 is 1.90 bits per heavy atom. The Labute approximate surface area is 122 Å². The monoisotopic (exact) mass is 320 g/mol. The van der Waals surface area contributed by atoms with E-state index < -0.39 is 33.2 Å². The molecule has 0 atom stereocenters. The van der Waals surface area contributed by atoms with Crippen molar-refractivity contribution in [2.45, 2.75) is 24.3 Å². The van der Waals surface area contributed by atoms with Crippen molar-refractivity contribution in [1.82, 2.24) is 9.62 Å². The second kappa shape index (κ2) is 6.78. The smallest absolute Gasteiger partial charge is 0.243 e. The average molecular weight is 320 g/mol. The highest BCUT2D eigenvalue weighted by atomic mass is 32.2. The number of halogens is 2. The highest BCUT2D eigenvalue weighted by molar-refractivity contribution is 7.89. The number of likely N-dealkylation sites (tertiary alicyclic amines) is 1. The summed E-state index contributed by atoms with van der Waals surface area (Å²) in [5.74, 6) is -2.72. The van der Waals surface area contributed by atoms with Crippen LogP contribution in [0, 0.1) is 11.6 Å². The van der Waals surface area contributed by atoms with Crippen LogP contribution in [0.3, 0.4) is 0 Å². The summed E-state index contributed by atoms with van der Waals surface area (Å²) in [4.78, 5) is 1.33. The van der Waals surface area contributed by atoms with E-state index >= 15 is 0 Å². The maximum absolute atomic E-state index is 13.7. The summed E-state index contributed by atoms with van der Waals surface area (Å²) in [5, 5.41) is 8.95. The Kier molecular flexibility index (Phi) is 5.26. The van der Waals surface area contributed by atoms with Crippen molar-refractivity contribution in [1.29, 1.82) is 0 Å². The molecule has 1 aliphatic heterocycles. The van der Waals surface area contributed by atoms with E-state index in [4.69, 9.17) is 5.11 Å². The molecule has 1 heterocycles. The summed E-state index contributed by atoms with van der Waals surface area (Å²) in [6.45, 7) is 1.94. The molecule has 1 aromatic carbocycles. The zero-order chi connectivity index (χ0) is 15.5. The lowest BCUT2D eigenvalue weighted by Crippen LogP contribution is -2.34. The second-order valence-corrected chi connectivity index (χ2v) is 6.73. The third kappa shape index (κ3) is 3.97. The molecular weight excluding hydrogens is 302 g/mol. The van der Waals surface area contributed by atoms with Crippen molar-refractivity contribution >= 4 is 10.0 Å². The van der Waals surface area contributed by atoms with Gasteiger partial charge in [0.05, 0.1) is 6.61 Å². The van der Waals surface area contributed by atoms with E-state index in [1.165, 1.54) is 0 Å². The van der Waals surface area contributed by atoms with Crippen LogP contribution in [-0.2, 0) is 16.6 Å². The van der Waals surface area contributed by atoms with Crippen LogP contribution in [0.1, 0.15) is 18.4 Å². The van der Waals surface area contributed by atoms with Crippen LogP contribution in [0.2, 0.25) is 0 Å². The SMILES string of the molecule is O=S(=O)(NCCN1CCCC1)c1cc(CO)cc(F)c1F. The normalized spacial score (nSPS) is 16.5. The molecule has 1 aromatic rings. The molecular formula is C13H18F2N2O3S. The zero-order valence-corrected chi connectivity index (χ0v) is 12.3. The molecule has 0 aliphatic carbocycles. The fourth-order valence-corrected chi connectivity index (χ4v) is 3.48. The van der Waals surface area contributed by atoms with Crippen molar-refractivity contribution in [3.63, 3.8) is 0 Å². The first-order valence-corrected chi connectivity index (χ1v) is 8.23. The molecule has 0 aromatic heterocycles. The third-order valence-corrected chi connectivity index (χ3v) is 4.91. The predicted octanol–water partition coefficient (Wildman–Crippen LogP) is 0.831. The van der Waals surface area contributed by atoms with Crippen LogP contribution in [0.25, 0.3) is 0 Å². The summed E-state index contributed by atoms with van der Waals surface area (Å²) in [6, 6.07) is 1.72. The van der Waals surface area contributed by atoms with Crippen LogP contribution < -0.4 is 4.72 Å². The summed E-state index contributed by atoms with van der Waals surface area (Å²) in [5.41, 5.74) is 0.00816. The van der Waals surface area contributed by atoms with Crippen LogP contribution >= 0.6 is 0 Å². The Balaban J connectivity index is 2.09. The Bertz CT molecular complexity index is 602. The number of nitrogens with one attached hydrogen (secondary N) is 1. The minimum Gasteiger partial charge on any atom is -0.392 e. The molecule has 1 fully saturated rings. The van der Waals surface area contributed by atoms with Gasteiger partial charge in [-0.05, 0) is 43.6 Å². The molecule has 0 unspecified atom stereocenters. The van der Waals surface area contributed by atoms with Gasteiger partial charge in [0.2, 0.25) is 10.0 Å². The first-order chi connectivity index (χ1) is 9.94. The first-order valence-electron chi connectivity index (χ1n) is 6.75. The third-order valence-electron chi connectivity index (χ3n) is 3.45. The molecule has 2 rings (SSSR count). The molecule has 0 saturated carbocycles. The minimum absolute atomic E-state index is 0.00816. The van der Waals surface area contributed by atoms with E-state index in [2.05, 4.69) is 9.62 Å². The summed E-state index contributed by atoms with van der Waals surface area (Å²) < 4.78 is 53.3. The van der Waals surface area contributed by atoms with Gasteiger partial charge in [-0.1, -0.05) is 0 Å². The van der Waals surface area contributed by atoms with Crippen molar-refractivity contribution in [2.75, 3.05) is 26.2 Å². The molecule has 0 bridgehead atoms. The second-order valence-electron chi connectivity index (χ2n) is 4.99. The molecule has 1 aliphatic rings. The van der Waals surface area contributed by atoms with E-state index in [1.807, 2.05) is 0 Å². The van der Waals surface area contributed by atoms with Gasteiger partial charge in [0.1, 0.15) is 4.90 Å². The molecule has 1 saturated heterocycles. The Morgan fingerprint density at radius 1 is 1.24 bits per heavy atom. The van der Waals surface area contributed by atoms with Gasteiger partial charge in [-0.3, -0.25) is 0 Å². The van der Waals surface area contributed by atoms with E-state index in [9.17, 15) is 17.2 Å². The van der Waals surface area contributed by atoms with Crippen molar-refractivity contribution in [2.24, 2.45) is 0 Å². The Hall–Kier alpha value is -1.09.